The molecule has 0 bridgehead atoms. The first-order valence-electron chi connectivity index (χ1n) is 7.70. The summed E-state index contributed by atoms with van der Waals surface area (Å²) in [6, 6.07) is 14.2. The number of aliphatic hydroxyl groups excluding tert-OH is 1. The van der Waals surface area contributed by atoms with Crippen LogP contribution < -0.4 is 28.7 Å². The molecule has 0 aliphatic heterocycles. The lowest BCUT2D eigenvalue weighted by Crippen LogP contribution is -3.00. The number of likely N-dealkylation sites (N-methyl/N-ethyl adjacent to an activating group) is 1. The Morgan fingerprint density at radius 1 is 1.05 bits per heavy atom. The molecule has 0 aliphatic carbocycles. The highest BCUT2D eigenvalue weighted by atomic mass is 127. The van der Waals surface area contributed by atoms with Gasteiger partial charge in [-0.3, -0.25) is 0 Å². The third-order valence-corrected chi connectivity index (χ3v) is 4.36. The summed E-state index contributed by atoms with van der Waals surface area (Å²) in [5.41, 5.74) is 0. The van der Waals surface area contributed by atoms with Crippen LogP contribution in [0.5, 0.6) is 5.75 Å². The molecule has 0 spiro atoms. The molecule has 0 saturated carbocycles. The average Bonchev–Trinajstić information content (AvgIpc) is 2.52. The topological polar surface area (TPSA) is 29.5 Å². The molecule has 4 heteroatoms. The van der Waals surface area contributed by atoms with Gasteiger partial charge in [0, 0.05) is 5.39 Å². The van der Waals surface area contributed by atoms with Crippen LogP contribution in [0.2, 0.25) is 0 Å². The van der Waals surface area contributed by atoms with Crippen molar-refractivity contribution in [2.45, 2.75) is 20.0 Å². The van der Waals surface area contributed by atoms with Gasteiger partial charge in [-0.1, -0.05) is 36.4 Å². The first kappa shape index (κ1) is 19.2. The largest absolute Gasteiger partial charge is 1.00 e. The lowest BCUT2D eigenvalue weighted by Gasteiger charge is -2.33. The Kier molecular flexibility index (Phi) is 7.59. The maximum absolute atomic E-state index is 10.2. The van der Waals surface area contributed by atoms with E-state index in [1.54, 1.807) is 0 Å². The van der Waals surface area contributed by atoms with Crippen LogP contribution in [0.15, 0.2) is 42.5 Å². The summed E-state index contributed by atoms with van der Waals surface area (Å²) >= 11 is 0. The lowest BCUT2D eigenvalue weighted by atomic mass is 10.1. The third-order valence-electron chi connectivity index (χ3n) is 4.36. The Balaban J connectivity index is 0.00000242. The summed E-state index contributed by atoms with van der Waals surface area (Å²) in [5.74, 6) is 0.842. The molecule has 2 aromatic rings. The number of benzene rings is 2. The van der Waals surface area contributed by atoms with E-state index in [-0.39, 0.29) is 24.0 Å². The third kappa shape index (κ3) is 4.83. The number of hydrogen-bond acceptors (Lipinski definition) is 2. The highest BCUT2D eigenvalue weighted by Crippen LogP contribution is 2.25. The van der Waals surface area contributed by atoms with Crippen LogP contribution in [0.3, 0.4) is 0 Å². The van der Waals surface area contributed by atoms with Gasteiger partial charge in [0.15, 0.2) is 0 Å². The molecular weight excluding hydrogens is 389 g/mol. The van der Waals surface area contributed by atoms with Gasteiger partial charge < -0.3 is 38.3 Å². The molecule has 22 heavy (non-hydrogen) atoms. The fourth-order valence-corrected chi connectivity index (χ4v) is 2.55. The number of rotatable bonds is 7. The quantitative estimate of drug-likeness (QED) is 0.513. The summed E-state index contributed by atoms with van der Waals surface area (Å²) in [5, 5.41) is 12.5. The number of nitrogens with zero attached hydrogens (tertiary/aromatic N) is 1. The summed E-state index contributed by atoms with van der Waals surface area (Å²) in [6.45, 7) is 7.40. The summed E-state index contributed by atoms with van der Waals surface area (Å²) in [6.07, 6.45) is -0.450. The van der Waals surface area contributed by atoms with Crippen molar-refractivity contribution in [3.63, 3.8) is 0 Å². The molecule has 2 rings (SSSR count). The number of aliphatic hydroxyl groups is 1. The molecule has 2 aromatic carbocycles. The molecule has 0 aromatic heterocycles. The van der Waals surface area contributed by atoms with Gasteiger partial charge in [-0.2, -0.15) is 0 Å². The smallest absolute Gasteiger partial charge is 0.137 e. The highest BCUT2D eigenvalue weighted by Gasteiger charge is 2.22. The van der Waals surface area contributed by atoms with Crippen molar-refractivity contribution in [1.29, 1.82) is 0 Å². The Bertz CT molecular complexity index is 579. The first-order chi connectivity index (χ1) is 10.1. The van der Waals surface area contributed by atoms with Gasteiger partial charge in [-0.25, -0.2) is 0 Å². The Morgan fingerprint density at radius 2 is 1.68 bits per heavy atom. The SMILES string of the molecule is CC[N+](C)(CC)CC(O)COc1cccc2ccccc12.[I-]. The normalized spacial score (nSPS) is 12.7. The highest BCUT2D eigenvalue weighted by molar-refractivity contribution is 5.88. The molecule has 122 valence electrons. The van der Waals surface area contributed by atoms with Crippen LogP contribution in [0.1, 0.15) is 13.8 Å². The molecule has 0 radical (unpaired) electrons. The number of quaternary nitrogens is 1. The van der Waals surface area contributed by atoms with Gasteiger partial charge in [-0.15, -0.1) is 0 Å². The lowest BCUT2D eigenvalue weighted by molar-refractivity contribution is -0.909. The Morgan fingerprint density at radius 3 is 2.36 bits per heavy atom. The van der Waals surface area contributed by atoms with Crippen molar-refractivity contribution in [3.05, 3.63) is 42.5 Å². The molecule has 1 unspecified atom stereocenters. The van der Waals surface area contributed by atoms with E-state index in [1.165, 1.54) is 0 Å². The zero-order valence-electron chi connectivity index (χ0n) is 13.6. The van der Waals surface area contributed by atoms with Crippen LogP contribution in [0.4, 0.5) is 0 Å². The van der Waals surface area contributed by atoms with Crippen molar-refractivity contribution >= 4 is 10.8 Å². The summed E-state index contributed by atoms with van der Waals surface area (Å²) < 4.78 is 6.72. The second-order valence-corrected chi connectivity index (χ2v) is 5.88. The standard InChI is InChI=1S/C18H26NO2.HI/c1-4-19(3,5-2)13-16(20)14-21-18-12-8-10-15-9-6-7-11-17(15)18;/h6-12,16,20H,4-5,13-14H2,1-3H3;1H/q+1;/p-1. The number of halogens is 1. The van der Waals surface area contributed by atoms with E-state index >= 15 is 0 Å². The molecule has 1 N–H and O–H groups in total. The first-order valence-corrected chi connectivity index (χ1v) is 7.70. The molecule has 0 fully saturated rings. The van der Waals surface area contributed by atoms with Crippen molar-refractivity contribution < 1.29 is 38.3 Å². The van der Waals surface area contributed by atoms with E-state index in [2.05, 4.69) is 39.1 Å². The van der Waals surface area contributed by atoms with E-state index in [0.717, 1.165) is 40.6 Å². The Labute approximate surface area is 150 Å². The molecule has 0 aliphatic rings. The number of hydrogen-bond donors (Lipinski definition) is 1. The van der Waals surface area contributed by atoms with Crippen LogP contribution in [-0.2, 0) is 0 Å². The van der Waals surface area contributed by atoms with Crippen molar-refractivity contribution in [2.75, 3.05) is 33.3 Å². The van der Waals surface area contributed by atoms with Crippen molar-refractivity contribution in [3.8, 4) is 5.75 Å². The summed E-state index contributed by atoms with van der Waals surface area (Å²) in [7, 11) is 2.17. The van der Waals surface area contributed by atoms with Crippen LogP contribution >= 0.6 is 0 Å². The molecule has 3 nitrogen and oxygen atoms in total. The van der Waals surface area contributed by atoms with E-state index in [0.29, 0.717) is 6.61 Å². The minimum atomic E-state index is -0.450. The molecule has 0 saturated heterocycles. The Hall–Kier alpha value is -0.850. The van der Waals surface area contributed by atoms with Crippen LogP contribution in [-0.4, -0.2) is 49.0 Å². The molecule has 0 amide bonds. The van der Waals surface area contributed by atoms with Crippen LogP contribution in [0.25, 0.3) is 10.8 Å². The van der Waals surface area contributed by atoms with E-state index < -0.39 is 6.10 Å². The van der Waals surface area contributed by atoms with Crippen LogP contribution in [0, 0.1) is 0 Å². The zero-order chi connectivity index (χ0) is 15.3. The zero-order valence-corrected chi connectivity index (χ0v) is 15.8. The molecular formula is C18H26INO2. The van der Waals surface area contributed by atoms with E-state index in [4.69, 9.17) is 4.74 Å². The predicted molar refractivity (Wildman–Crippen MR) is 87.6 cm³/mol. The maximum atomic E-state index is 10.2. The fraction of sp³-hybridized carbons (Fsp3) is 0.444. The monoisotopic (exact) mass is 415 g/mol. The van der Waals surface area contributed by atoms with Crippen molar-refractivity contribution in [2.24, 2.45) is 0 Å². The van der Waals surface area contributed by atoms with Gasteiger partial charge in [0.25, 0.3) is 0 Å². The maximum Gasteiger partial charge on any atom is 0.137 e. The number of fused-ring (bicyclic) bond motifs is 1. The second kappa shape index (κ2) is 8.70. The fourth-order valence-electron chi connectivity index (χ4n) is 2.55. The van der Waals surface area contributed by atoms with Gasteiger partial charge in [0.2, 0.25) is 0 Å². The molecule has 0 heterocycles. The minimum Gasteiger partial charge on any atom is -1.00 e. The predicted octanol–water partition coefficient (Wildman–Crippen LogP) is 0.0699. The van der Waals surface area contributed by atoms with E-state index in [9.17, 15) is 5.11 Å². The number of ether oxygens (including phenoxy) is 1. The van der Waals surface area contributed by atoms with Gasteiger partial charge in [-0.05, 0) is 25.3 Å². The van der Waals surface area contributed by atoms with E-state index in [1.807, 2.05) is 24.3 Å². The average molecular weight is 415 g/mol. The molecule has 1 atom stereocenters. The van der Waals surface area contributed by atoms with Crippen molar-refractivity contribution in [1.82, 2.24) is 0 Å². The minimum absolute atomic E-state index is 0. The van der Waals surface area contributed by atoms with Gasteiger partial charge >= 0.3 is 0 Å². The van der Waals surface area contributed by atoms with Gasteiger partial charge in [0.1, 0.15) is 25.0 Å². The second-order valence-electron chi connectivity index (χ2n) is 5.88. The summed E-state index contributed by atoms with van der Waals surface area (Å²) in [4.78, 5) is 0. The van der Waals surface area contributed by atoms with Gasteiger partial charge in [0.05, 0.1) is 20.1 Å².